The molecule has 1 atom stereocenters. The number of carbonyl (C=O) groups excluding carboxylic acids is 2. The van der Waals surface area contributed by atoms with Gasteiger partial charge in [-0.1, -0.05) is 48.5 Å². The van der Waals surface area contributed by atoms with Crippen molar-refractivity contribution in [3.8, 4) is 0 Å². The number of nitrogens with two attached hydrogens (primary N) is 1. The Morgan fingerprint density at radius 3 is 2.22 bits per heavy atom. The molecule has 10 heteroatoms. The van der Waals surface area contributed by atoms with Crippen molar-refractivity contribution in [2.24, 2.45) is 5.73 Å². The van der Waals surface area contributed by atoms with Crippen LogP contribution in [0.4, 0.5) is 11.4 Å². The highest BCUT2D eigenvalue weighted by Crippen LogP contribution is 2.38. The molecule has 0 fully saturated rings. The van der Waals surface area contributed by atoms with Crippen LogP contribution in [0.1, 0.15) is 38.3 Å². The van der Waals surface area contributed by atoms with Gasteiger partial charge in [0.2, 0.25) is 0 Å². The Kier molecular flexibility index (Phi) is 6.33. The van der Waals surface area contributed by atoms with Gasteiger partial charge in [0.25, 0.3) is 11.8 Å². The van der Waals surface area contributed by atoms with Gasteiger partial charge < -0.3 is 15.7 Å². The predicted octanol–water partition coefficient (Wildman–Crippen LogP) is 2.83. The summed E-state index contributed by atoms with van der Waals surface area (Å²) in [6.07, 6.45) is -0.964. The van der Waals surface area contributed by atoms with E-state index >= 15 is 0 Å². The molecular weight excluding hydrogens is 474 g/mol. The first-order valence-corrected chi connectivity index (χ1v) is 11.7. The lowest BCUT2D eigenvalue weighted by molar-refractivity contribution is -0.137. The fraction of sp³-hybridized carbons (Fsp3) is 0.185. The quantitative estimate of drug-likeness (QED) is 0.335. The third-order valence-electron chi connectivity index (χ3n) is 6.46. The van der Waals surface area contributed by atoms with Crippen molar-refractivity contribution < 1.29 is 24.3 Å². The van der Waals surface area contributed by atoms with Crippen molar-refractivity contribution >= 4 is 35.0 Å². The van der Waals surface area contributed by atoms with Gasteiger partial charge in [-0.05, 0) is 29.8 Å². The highest BCUT2D eigenvalue weighted by Gasteiger charge is 2.44. The molecule has 37 heavy (non-hydrogen) atoms. The molecule has 10 nitrogen and oxygen atoms in total. The van der Waals surface area contributed by atoms with Crippen molar-refractivity contribution in [3.63, 3.8) is 0 Å². The number of carboxylic acids is 1. The molecule has 5 rings (SSSR count). The predicted molar refractivity (Wildman–Crippen MR) is 136 cm³/mol. The Morgan fingerprint density at radius 1 is 0.946 bits per heavy atom. The Labute approximate surface area is 212 Å². The zero-order valence-electron chi connectivity index (χ0n) is 19.8. The van der Waals surface area contributed by atoms with Crippen LogP contribution in [0.5, 0.6) is 0 Å². The summed E-state index contributed by atoms with van der Waals surface area (Å²) in [5, 5.41) is 18.5. The van der Waals surface area contributed by atoms with Crippen LogP contribution < -0.4 is 15.7 Å². The van der Waals surface area contributed by atoms with Gasteiger partial charge in [0.1, 0.15) is 12.4 Å². The summed E-state index contributed by atoms with van der Waals surface area (Å²) in [5.41, 5.74) is 8.70. The van der Waals surface area contributed by atoms with E-state index in [4.69, 9.17) is 16.0 Å². The number of para-hydroxylation sites is 2. The van der Waals surface area contributed by atoms with E-state index < -0.39 is 12.1 Å². The molecule has 4 N–H and O–H groups in total. The van der Waals surface area contributed by atoms with Crippen LogP contribution in [0, 0.1) is 5.41 Å². The van der Waals surface area contributed by atoms with Crippen LogP contribution in [-0.2, 0) is 16.2 Å². The van der Waals surface area contributed by atoms with E-state index in [2.05, 4.69) is 0 Å². The van der Waals surface area contributed by atoms with Crippen LogP contribution in [0.15, 0.2) is 72.8 Å². The van der Waals surface area contributed by atoms with E-state index in [0.29, 0.717) is 28.1 Å². The van der Waals surface area contributed by atoms with E-state index in [9.17, 15) is 19.5 Å². The second kappa shape index (κ2) is 9.75. The van der Waals surface area contributed by atoms with Crippen molar-refractivity contribution in [1.29, 1.82) is 5.41 Å². The first-order valence-electron chi connectivity index (χ1n) is 11.7. The highest BCUT2D eigenvalue weighted by atomic mass is 16.7. The minimum Gasteiger partial charge on any atom is -0.481 e. The molecule has 0 spiro atoms. The number of anilines is 2. The lowest BCUT2D eigenvalue weighted by Crippen LogP contribution is -2.59. The molecule has 2 amide bonds. The zero-order chi connectivity index (χ0) is 26.1. The van der Waals surface area contributed by atoms with Gasteiger partial charge in [0, 0.05) is 12.1 Å². The molecule has 1 unspecified atom stereocenters. The molecule has 2 aliphatic rings. The van der Waals surface area contributed by atoms with Crippen LogP contribution in [0.3, 0.4) is 0 Å². The standard InChI is InChI=1S/C27H25N5O5/c28-25(29)18-11-9-17(10-12-18)16-37-32-22-8-4-2-6-20(22)27(36)31-21-7-3-1-5-19(21)26(35)30(15-23(31)32)14-13-24(33)34/h1-12,23H,13-16H2,(H3,28,29)(H,33,34). The number of nitrogens with zero attached hydrogens (tertiary/aromatic N) is 3. The minimum atomic E-state index is -1.02. The molecule has 3 aromatic rings. The average molecular weight is 500 g/mol. The molecule has 0 aromatic heterocycles. The number of nitrogen functional groups attached to an aromatic ring is 1. The number of aliphatic carboxylic acids is 1. The number of fused-ring (bicyclic) bond motifs is 4. The lowest BCUT2D eigenvalue weighted by atomic mass is 10.0. The Balaban J connectivity index is 1.56. The number of rotatable bonds is 7. The van der Waals surface area contributed by atoms with Gasteiger partial charge >= 0.3 is 5.97 Å². The molecule has 2 aliphatic heterocycles. The molecule has 0 saturated heterocycles. The summed E-state index contributed by atoms with van der Waals surface area (Å²) in [5.74, 6) is -1.67. The molecule has 0 radical (unpaired) electrons. The topological polar surface area (TPSA) is 140 Å². The van der Waals surface area contributed by atoms with Gasteiger partial charge in [0.05, 0.1) is 35.5 Å². The van der Waals surface area contributed by atoms with Crippen molar-refractivity contribution in [2.75, 3.05) is 23.1 Å². The van der Waals surface area contributed by atoms with Gasteiger partial charge in [-0.25, -0.2) is 5.06 Å². The maximum atomic E-state index is 13.8. The van der Waals surface area contributed by atoms with Crippen LogP contribution >= 0.6 is 0 Å². The third-order valence-corrected chi connectivity index (χ3v) is 6.46. The summed E-state index contributed by atoms with van der Waals surface area (Å²) in [6.45, 7) is 0.183. The van der Waals surface area contributed by atoms with E-state index in [1.807, 2.05) is 0 Å². The maximum Gasteiger partial charge on any atom is 0.305 e. The van der Waals surface area contributed by atoms with Crippen molar-refractivity contribution in [3.05, 3.63) is 95.1 Å². The monoisotopic (exact) mass is 499 g/mol. The first kappa shape index (κ1) is 24.0. The highest BCUT2D eigenvalue weighted by molar-refractivity contribution is 6.15. The number of amidine groups is 1. The maximum absolute atomic E-state index is 13.8. The van der Waals surface area contributed by atoms with Gasteiger partial charge in [0.15, 0.2) is 6.17 Å². The van der Waals surface area contributed by atoms with Crippen LogP contribution in [-0.4, -0.2) is 52.9 Å². The van der Waals surface area contributed by atoms with E-state index in [-0.39, 0.29) is 43.8 Å². The van der Waals surface area contributed by atoms with Crippen molar-refractivity contribution in [2.45, 2.75) is 19.2 Å². The molecule has 188 valence electrons. The SMILES string of the molecule is N=C(N)c1ccc(CON2c3ccccc3C(=O)N3c4ccccc4C(=O)N(CCC(=O)O)CC23)cc1. The Morgan fingerprint density at radius 2 is 1.57 bits per heavy atom. The molecular formula is C27H25N5O5. The fourth-order valence-electron chi connectivity index (χ4n) is 4.62. The number of amides is 2. The molecule has 2 heterocycles. The van der Waals surface area contributed by atoms with E-state index in [0.717, 1.165) is 5.56 Å². The van der Waals surface area contributed by atoms with Crippen LogP contribution in [0.2, 0.25) is 0 Å². The molecule has 3 aromatic carbocycles. The molecule has 0 bridgehead atoms. The summed E-state index contributed by atoms with van der Waals surface area (Å²) >= 11 is 0. The second-order valence-corrected chi connectivity index (χ2v) is 8.79. The Hall–Kier alpha value is -4.70. The normalized spacial score (nSPS) is 16.5. The second-order valence-electron chi connectivity index (χ2n) is 8.79. The molecule has 0 saturated carbocycles. The summed E-state index contributed by atoms with van der Waals surface area (Å²) in [7, 11) is 0. The smallest absolute Gasteiger partial charge is 0.305 e. The number of nitrogens with one attached hydrogen (secondary N) is 1. The van der Waals surface area contributed by atoms with Crippen LogP contribution in [0.25, 0.3) is 0 Å². The van der Waals surface area contributed by atoms with E-state index in [1.54, 1.807) is 82.8 Å². The summed E-state index contributed by atoms with van der Waals surface area (Å²) in [4.78, 5) is 47.8. The van der Waals surface area contributed by atoms with Gasteiger partial charge in [-0.2, -0.15) is 0 Å². The number of benzene rings is 3. The molecule has 0 aliphatic carbocycles. The summed E-state index contributed by atoms with van der Waals surface area (Å²) < 4.78 is 0. The van der Waals surface area contributed by atoms with Gasteiger partial charge in [-0.15, -0.1) is 0 Å². The van der Waals surface area contributed by atoms with Gasteiger partial charge in [-0.3, -0.25) is 29.5 Å². The fourth-order valence-corrected chi connectivity index (χ4v) is 4.62. The van der Waals surface area contributed by atoms with E-state index in [1.165, 1.54) is 4.90 Å². The van der Waals surface area contributed by atoms with Crippen molar-refractivity contribution in [1.82, 2.24) is 4.90 Å². The minimum absolute atomic E-state index is 0.0109. The third kappa shape index (κ3) is 4.50. The Bertz CT molecular complexity index is 1390. The lowest BCUT2D eigenvalue weighted by Gasteiger charge is -2.44. The number of hydrogen-bond acceptors (Lipinski definition) is 6. The summed E-state index contributed by atoms with van der Waals surface area (Å²) in [6, 6.07) is 21.0. The number of carboxylic acid groups (broad SMARTS) is 1. The number of hydroxylamine groups is 1. The number of hydrogen-bond donors (Lipinski definition) is 3. The largest absolute Gasteiger partial charge is 0.481 e. The number of carbonyl (C=O) groups is 3. The average Bonchev–Trinajstić information content (AvgIpc) is 3.02. The zero-order valence-corrected chi connectivity index (χ0v) is 19.8. The first-order chi connectivity index (χ1) is 17.8.